The monoisotopic (exact) mass is 357 g/mol. The van der Waals surface area contributed by atoms with Gasteiger partial charge in [0.2, 0.25) is 11.1 Å². The van der Waals surface area contributed by atoms with E-state index in [1.165, 1.54) is 11.8 Å². The third kappa shape index (κ3) is 4.27. The molecule has 0 aliphatic heterocycles. The van der Waals surface area contributed by atoms with Crippen LogP contribution < -0.4 is 5.32 Å². The van der Waals surface area contributed by atoms with Crippen molar-refractivity contribution >= 4 is 23.5 Å². The van der Waals surface area contributed by atoms with Crippen LogP contribution in [0.2, 0.25) is 0 Å². The van der Waals surface area contributed by atoms with Gasteiger partial charge in [-0.2, -0.15) is 0 Å². The molecule has 0 radical (unpaired) electrons. The van der Waals surface area contributed by atoms with E-state index in [0.29, 0.717) is 16.7 Å². The lowest BCUT2D eigenvalue weighted by Crippen LogP contribution is -2.19. The highest BCUT2D eigenvalue weighted by Gasteiger charge is 2.25. The number of thioether (sulfide) groups is 1. The smallest absolute Gasteiger partial charge is 0.243 e. The summed E-state index contributed by atoms with van der Waals surface area (Å²) in [5.74, 6) is 1.85. The van der Waals surface area contributed by atoms with Crippen LogP contribution >= 0.6 is 11.8 Å². The quantitative estimate of drug-likeness (QED) is 0.653. The molecule has 130 valence electrons. The Morgan fingerprint density at radius 3 is 2.64 bits per heavy atom. The highest BCUT2D eigenvalue weighted by molar-refractivity contribution is 8.00. The summed E-state index contributed by atoms with van der Waals surface area (Å²) in [7, 11) is 0. The maximum absolute atomic E-state index is 12.8. The topological polar surface area (TPSA) is 96.7 Å². The summed E-state index contributed by atoms with van der Waals surface area (Å²) >= 11 is 1.29. The Morgan fingerprint density at radius 2 is 2.04 bits per heavy atom. The second-order valence-corrected chi connectivity index (χ2v) is 6.95. The number of hydrogen-bond acceptors (Lipinski definition) is 6. The number of carbonyl (C=O) groups is 1. The Kier molecular flexibility index (Phi) is 5.18. The predicted molar refractivity (Wildman–Crippen MR) is 95.4 cm³/mol. The van der Waals surface area contributed by atoms with Gasteiger partial charge in [0.05, 0.1) is 0 Å². The van der Waals surface area contributed by atoms with Crippen LogP contribution in [0.15, 0.2) is 46.1 Å². The van der Waals surface area contributed by atoms with Crippen molar-refractivity contribution in [3.05, 3.63) is 53.5 Å². The first-order valence-corrected chi connectivity index (χ1v) is 8.79. The van der Waals surface area contributed by atoms with Crippen molar-refractivity contribution in [3.8, 4) is 0 Å². The molecule has 3 rings (SSSR count). The number of rotatable bonds is 6. The lowest BCUT2D eigenvalue weighted by atomic mass is 10.1. The van der Waals surface area contributed by atoms with E-state index < -0.39 is 5.25 Å². The van der Waals surface area contributed by atoms with Crippen LogP contribution in [0.4, 0.5) is 5.82 Å². The normalized spacial score (nSPS) is 12.3. The first-order valence-electron chi connectivity index (χ1n) is 7.91. The van der Waals surface area contributed by atoms with Crippen molar-refractivity contribution < 1.29 is 9.32 Å². The molecular weight excluding hydrogens is 338 g/mol. The van der Waals surface area contributed by atoms with Crippen molar-refractivity contribution in [1.29, 1.82) is 0 Å². The molecule has 2 aromatic heterocycles. The summed E-state index contributed by atoms with van der Waals surface area (Å²) in [5.41, 5.74) is 0.862. The minimum Gasteiger partial charge on any atom is -0.360 e. The van der Waals surface area contributed by atoms with E-state index >= 15 is 0 Å². The molecule has 0 bridgehead atoms. The van der Waals surface area contributed by atoms with E-state index in [0.717, 1.165) is 11.4 Å². The minimum absolute atomic E-state index is 0.208. The number of amides is 1. The number of aromatic nitrogens is 4. The Morgan fingerprint density at radius 1 is 1.28 bits per heavy atom. The second kappa shape index (κ2) is 7.52. The van der Waals surface area contributed by atoms with Crippen LogP contribution in [0, 0.1) is 6.92 Å². The van der Waals surface area contributed by atoms with Gasteiger partial charge in [-0.25, -0.2) is 4.98 Å². The first kappa shape index (κ1) is 17.2. The number of carbonyl (C=O) groups excluding carboxylic acids is 1. The molecule has 25 heavy (non-hydrogen) atoms. The molecule has 0 saturated heterocycles. The van der Waals surface area contributed by atoms with Crippen molar-refractivity contribution in [3.63, 3.8) is 0 Å². The number of aryl methyl sites for hydroxylation is 1. The zero-order chi connectivity index (χ0) is 17.8. The minimum atomic E-state index is -0.506. The van der Waals surface area contributed by atoms with Gasteiger partial charge < -0.3 is 9.84 Å². The van der Waals surface area contributed by atoms with E-state index in [1.807, 2.05) is 44.2 Å². The van der Waals surface area contributed by atoms with E-state index in [-0.39, 0.29) is 11.8 Å². The summed E-state index contributed by atoms with van der Waals surface area (Å²) in [6.45, 7) is 5.83. The van der Waals surface area contributed by atoms with Gasteiger partial charge in [-0.1, -0.05) is 61.1 Å². The molecule has 2 N–H and O–H groups in total. The number of anilines is 1. The van der Waals surface area contributed by atoms with E-state index in [9.17, 15) is 4.79 Å². The number of hydrogen-bond donors (Lipinski definition) is 2. The summed E-state index contributed by atoms with van der Waals surface area (Å²) in [6.07, 6.45) is 0. The van der Waals surface area contributed by atoms with Gasteiger partial charge in [0.15, 0.2) is 5.82 Å². The molecule has 0 fully saturated rings. The second-order valence-electron chi connectivity index (χ2n) is 5.88. The Labute approximate surface area is 149 Å². The number of benzene rings is 1. The van der Waals surface area contributed by atoms with E-state index in [1.54, 1.807) is 13.0 Å². The largest absolute Gasteiger partial charge is 0.360 e. The number of H-pyrrole nitrogens is 1. The molecule has 0 aliphatic carbocycles. The molecule has 7 nitrogen and oxygen atoms in total. The van der Waals surface area contributed by atoms with E-state index in [2.05, 4.69) is 25.7 Å². The molecule has 0 aliphatic rings. The molecule has 8 heteroatoms. The molecule has 3 aromatic rings. The summed E-state index contributed by atoms with van der Waals surface area (Å²) < 4.78 is 5.00. The highest BCUT2D eigenvalue weighted by atomic mass is 32.2. The average Bonchev–Trinajstić information content (AvgIpc) is 3.22. The number of nitrogens with zero attached hydrogens (tertiary/aromatic N) is 3. The van der Waals surface area contributed by atoms with Gasteiger partial charge in [-0.05, 0) is 12.5 Å². The van der Waals surface area contributed by atoms with Gasteiger partial charge in [-0.15, -0.1) is 5.10 Å². The van der Waals surface area contributed by atoms with Crippen LogP contribution in [-0.4, -0.2) is 26.2 Å². The van der Waals surface area contributed by atoms with Gasteiger partial charge in [0.1, 0.15) is 16.8 Å². The first-order chi connectivity index (χ1) is 12.0. The molecule has 2 heterocycles. The zero-order valence-electron chi connectivity index (χ0n) is 14.2. The molecule has 0 spiro atoms. The van der Waals surface area contributed by atoms with Crippen molar-refractivity contribution in [1.82, 2.24) is 20.3 Å². The summed E-state index contributed by atoms with van der Waals surface area (Å²) in [4.78, 5) is 17.2. The van der Waals surface area contributed by atoms with Crippen molar-refractivity contribution in [2.45, 2.75) is 37.1 Å². The zero-order valence-corrected chi connectivity index (χ0v) is 15.0. The molecule has 1 aromatic carbocycles. The molecule has 0 unspecified atom stereocenters. The third-order valence-electron chi connectivity index (χ3n) is 3.47. The Balaban J connectivity index is 1.83. The maximum Gasteiger partial charge on any atom is 0.243 e. The van der Waals surface area contributed by atoms with Gasteiger partial charge >= 0.3 is 0 Å². The van der Waals surface area contributed by atoms with E-state index in [4.69, 9.17) is 4.52 Å². The van der Waals surface area contributed by atoms with Crippen LogP contribution in [0.5, 0.6) is 0 Å². The summed E-state index contributed by atoms with van der Waals surface area (Å²) in [5, 5.41) is 13.7. The van der Waals surface area contributed by atoms with Crippen LogP contribution in [0.3, 0.4) is 0 Å². The number of nitrogens with one attached hydrogen (secondary N) is 2. The standard InChI is InChI=1S/C17H19N5O2S/c1-10(2)15-19-17(21-20-15)25-14(12-7-5-4-6-8-12)16(23)18-13-9-11(3)24-22-13/h4-10,14H,1-3H3,(H,18,22,23)(H,19,20,21)/t14-/m1/s1. The van der Waals surface area contributed by atoms with Crippen LogP contribution in [-0.2, 0) is 4.79 Å². The fraction of sp³-hybridized carbons (Fsp3) is 0.294. The SMILES string of the molecule is Cc1cc(NC(=O)[C@H](Sc2n[nH]c(C(C)C)n2)c2ccccc2)no1. The lowest BCUT2D eigenvalue weighted by Gasteiger charge is -2.14. The van der Waals surface area contributed by atoms with Crippen LogP contribution in [0.25, 0.3) is 0 Å². The van der Waals surface area contributed by atoms with Gasteiger partial charge in [-0.3, -0.25) is 9.89 Å². The number of aromatic amines is 1. The third-order valence-corrected chi connectivity index (χ3v) is 4.59. The molecule has 1 atom stereocenters. The maximum atomic E-state index is 12.8. The Hall–Kier alpha value is -2.61. The van der Waals surface area contributed by atoms with Crippen LogP contribution in [0.1, 0.15) is 42.2 Å². The fourth-order valence-electron chi connectivity index (χ4n) is 2.19. The molecule has 1 amide bonds. The molecular formula is C17H19N5O2S. The average molecular weight is 357 g/mol. The predicted octanol–water partition coefficient (Wildman–Crippen LogP) is 3.70. The van der Waals surface area contributed by atoms with Gasteiger partial charge in [0.25, 0.3) is 0 Å². The Bertz CT molecular complexity index is 844. The highest BCUT2D eigenvalue weighted by Crippen LogP contribution is 2.34. The fourth-order valence-corrected chi connectivity index (χ4v) is 3.11. The van der Waals surface area contributed by atoms with Gasteiger partial charge in [0, 0.05) is 12.0 Å². The lowest BCUT2D eigenvalue weighted by molar-refractivity contribution is -0.115. The van der Waals surface area contributed by atoms with Crippen molar-refractivity contribution in [2.75, 3.05) is 5.32 Å². The van der Waals surface area contributed by atoms with Crippen molar-refractivity contribution in [2.24, 2.45) is 0 Å². The molecule has 0 saturated carbocycles. The summed E-state index contributed by atoms with van der Waals surface area (Å²) in [6, 6.07) is 11.2.